The van der Waals surface area contributed by atoms with E-state index in [4.69, 9.17) is 10.5 Å². The predicted molar refractivity (Wildman–Crippen MR) is 117 cm³/mol. The van der Waals surface area contributed by atoms with Gasteiger partial charge in [-0.15, -0.1) is 0 Å². The van der Waals surface area contributed by atoms with Crippen molar-refractivity contribution in [2.75, 3.05) is 18.8 Å². The van der Waals surface area contributed by atoms with Crippen LogP contribution in [0.4, 0.5) is 10.5 Å². The molecule has 1 aromatic carbocycles. The van der Waals surface area contributed by atoms with Gasteiger partial charge >= 0.3 is 6.09 Å². The Labute approximate surface area is 177 Å². The van der Waals surface area contributed by atoms with Gasteiger partial charge in [0.1, 0.15) is 10.6 Å². The molecule has 0 fully saturated rings. The molecule has 0 unspecified atom stereocenters. The van der Waals surface area contributed by atoms with Crippen molar-refractivity contribution in [1.82, 2.24) is 19.5 Å². The predicted octanol–water partition coefficient (Wildman–Crippen LogP) is 3.42. The van der Waals surface area contributed by atoms with E-state index in [1.807, 2.05) is 51.1 Å². The van der Waals surface area contributed by atoms with Crippen LogP contribution in [0, 0.1) is 0 Å². The Morgan fingerprint density at radius 3 is 2.73 bits per heavy atom. The Morgan fingerprint density at radius 2 is 2.07 bits per heavy atom. The van der Waals surface area contributed by atoms with E-state index in [2.05, 4.69) is 10.1 Å². The highest BCUT2D eigenvalue weighted by molar-refractivity contribution is 7.19. The van der Waals surface area contributed by atoms with E-state index in [0.717, 1.165) is 16.1 Å². The van der Waals surface area contributed by atoms with Crippen molar-refractivity contribution < 1.29 is 9.53 Å². The van der Waals surface area contributed by atoms with Gasteiger partial charge in [-0.1, -0.05) is 29.5 Å². The average Bonchev–Trinajstić information content (AvgIpc) is 3.10. The van der Waals surface area contributed by atoms with Gasteiger partial charge < -0.3 is 15.4 Å². The van der Waals surface area contributed by atoms with Crippen LogP contribution in [0.5, 0.6) is 0 Å². The zero-order chi connectivity index (χ0) is 21.5. The lowest BCUT2D eigenvalue weighted by Gasteiger charge is -2.29. The van der Waals surface area contributed by atoms with E-state index in [-0.39, 0.29) is 11.7 Å². The van der Waals surface area contributed by atoms with Crippen molar-refractivity contribution in [3.8, 4) is 10.6 Å². The maximum atomic E-state index is 12.3. The molecule has 0 atom stereocenters. The van der Waals surface area contributed by atoms with Gasteiger partial charge in [-0.25, -0.2) is 9.31 Å². The van der Waals surface area contributed by atoms with E-state index < -0.39 is 5.60 Å². The van der Waals surface area contributed by atoms with Crippen LogP contribution >= 0.6 is 11.3 Å². The van der Waals surface area contributed by atoms with Gasteiger partial charge in [0.25, 0.3) is 5.56 Å². The van der Waals surface area contributed by atoms with Crippen LogP contribution in [0.1, 0.15) is 32.9 Å². The number of hydrogen-bond donors (Lipinski definition) is 1. The van der Waals surface area contributed by atoms with Crippen molar-refractivity contribution in [1.29, 1.82) is 0 Å². The molecule has 0 aliphatic carbocycles. The quantitative estimate of drug-likeness (QED) is 0.631. The SMILES string of the molecule is CC(C)(C)OC(=O)N1CC=C(c2cc(=O)nc3sc(-c4cccc(N)c4)nn23)CC1. The van der Waals surface area contributed by atoms with Gasteiger partial charge in [-0.3, -0.25) is 4.79 Å². The van der Waals surface area contributed by atoms with Crippen molar-refractivity contribution in [3.63, 3.8) is 0 Å². The van der Waals surface area contributed by atoms with Crippen molar-refractivity contribution in [3.05, 3.63) is 52.5 Å². The molecular weight excluding hydrogens is 402 g/mol. The monoisotopic (exact) mass is 425 g/mol. The van der Waals surface area contributed by atoms with Crippen LogP contribution in [0.3, 0.4) is 0 Å². The van der Waals surface area contributed by atoms with Gasteiger partial charge in [0.05, 0.1) is 5.69 Å². The smallest absolute Gasteiger partial charge is 0.410 e. The summed E-state index contributed by atoms with van der Waals surface area (Å²) in [6, 6.07) is 8.93. The molecule has 4 rings (SSSR count). The third-order valence-electron chi connectivity index (χ3n) is 4.58. The average molecular weight is 426 g/mol. The lowest BCUT2D eigenvalue weighted by molar-refractivity contribution is 0.0270. The zero-order valence-corrected chi connectivity index (χ0v) is 17.9. The maximum Gasteiger partial charge on any atom is 0.410 e. The molecule has 1 aliphatic heterocycles. The molecule has 0 radical (unpaired) electrons. The van der Waals surface area contributed by atoms with Gasteiger partial charge in [-0.05, 0) is 44.9 Å². The van der Waals surface area contributed by atoms with E-state index >= 15 is 0 Å². The molecule has 1 amide bonds. The molecule has 3 aromatic rings. The number of rotatable bonds is 2. The Bertz CT molecular complexity index is 1210. The Morgan fingerprint density at radius 1 is 1.27 bits per heavy atom. The first-order valence-corrected chi connectivity index (χ1v) is 10.5. The van der Waals surface area contributed by atoms with E-state index in [1.54, 1.807) is 9.42 Å². The van der Waals surface area contributed by atoms with Crippen LogP contribution in [0.15, 0.2) is 41.2 Å². The Kier molecular flexibility index (Phi) is 5.07. The molecule has 30 heavy (non-hydrogen) atoms. The first-order valence-electron chi connectivity index (χ1n) is 9.64. The highest BCUT2D eigenvalue weighted by Gasteiger charge is 2.25. The van der Waals surface area contributed by atoms with Crippen molar-refractivity contribution >= 4 is 33.7 Å². The number of ether oxygens (including phenoxy) is 1. The molecule has 3 heterocycles. The summed E-state index contributed by atoms with van der Waals surface area (Å²) in [5.74, 6) is 0. The van der Waals surface area contributed by atoms with Crippen LogP contribution in [-0.4, -0.2) is 44.3 Å². The molecule has 1 aliphatic rings. The molecule has 0 spiro atoms. The largest absolute Gasteiger partial charge is 0.444 e. The maximum absolute atomic E-state index is 12.3. The minimum Gasteiger partial charge on any atom is -0.444 e. The standard InChI is InChI=1S/C21H23N5O3S/c1-21(2,3)29-20(28)25-9-7-13(8-10-25)16-12-17(27)23-19-26(16)24-18(30-19)14-5-4-6-15(22)11-14/h4-7,11-12H,8-10,22H2,1-3H3. The fourth-order valence-corrected chi connectivity index (χ4v) is 4.13. The molecule has 8 nitrogen and oxygen atoms in total. The second kappa shape index (κ2) is 7.56. The second-order valence-corrected chi connectivity index (χ2v) is 9.07. The van der Waals surface area contributed by atoms with E-state index in [0.29, 0.717) is 35.9 Å². The number of nitrogen functional groups attached to an aromatic ring is 1. The molecule has 2 aromatic heterocycles. The summed E-state index contributed by atoms with van der Waals surface area (Å²) in [4.78, 5) is 30.8. The zero-order valence-electron chi connectivity index (χ0n) is 17.1. The number of anilines is 1. The second-order valence-electron chi connectivity index (χ2n) is 8.11. The number of hydrogen-bond acceptors (Lipinski definition) is 7. The first kappa shape index (κ1) is 20.1. The third-order valence-corrected chi connectivity index (χ3v) is 5.54. The molecule has 0 saturated carbocycles. The highest BCUT2D eigenvalue weighted by Crippen LogP contribution is 2.29. The molecule has 0 saturated heterocycles. The number of nitrogens with zero attached hydrogens (tertiary/aromatic N) is 4. The van der Waals surface area contributed by atoms with Gasteiger partial charge in [-0.2, -0.15) is 10.1 Å². The van der Waals surface area contributed by atoms with Crippen molar-refractivity contribution in [2.45, 2.75) is 32.8 Å². The van der Waals surface area contributed by atoms with Crippen LogP contribution in [0.25, 0.3) is 21.1 Å². The molecule has 9 heteroatoms. The number of amides is 1. The number of nitrogens with two attached hydrogens (primary N) is 1. The van der Waals surface area contributed by atoms with Gasteiger partial charge in [0, 0.05) is 30.4 Å². The summed E-state index contributed by atoms with van der Waals surface area (Å²) in [6.07, 6.45) is 2.19. The number of aromatic nitrogens is 3. The first-order chi connectivity index (χ1) is 14.2. The molecule has 156 valence electrons. The third kappa shape index (κ3) is 4.20. The van der Waals surface area contributed by atoms with E-state index in [9.17, 15) is 9.59 Å². The summed E-state index contributed by atoms with van der Waals surface area (Å²) in [6.45, 7) is 6.45. The van der Waals surface area contributed by atoms with Crippen molar-refractivity contribution in [2.24, 2.45) is 0 Å². The Balaban J connectivity index is 1.66. The summed E-state index contributed by atoms with van der Waals surface area (Å²) < 4.78 is 7.14. The lowest BCUT2D eigenvalue weighted by Crippen LogP contribution is -2.39. The summed E-state index contributed by atoms with van der Waals surface area (Å²) in [5.41, 5.74) is 8.20. The molecule has 0 bridgehead atoms. The van der Waals surface area contributed by atoms with Crippen LogP contribution in [0.2, 0.25) is 0 Å². The molecule has 2 N–H and O–H groups in total. The number of carbonyl (C=O) groups is 1. The Hall–Kier alpha value is -3.20. The fourth-order valence-electron chi connectivity index (χ4n) is 3.23. The summed E-state index contributed by atoms with van der Waals surface area (Å²) in [7, 11) is 0. The summed E-state index contributed by atoms with van der Waals surface area (Å²) >= 11 is 1.34. The highest BCUT2D eigenvalue weighted by atomic mass is 32.1. The number of carbonyl (C=O) groups excluding carboxylic acids is 1. The minimum absolute atomic E-state index is 0.316. The van der Waals surface area contributed by atoms with Gasteiger partial charge in [0.15, 0.2) is 0 Å². The normalized spacial score (nSPS) is 14.6. The molecular formula is C21H23N5O3S. The number of fused-ring (bicyclic) bond motifs is 1. The van der Waals surface area contributed by atoms with Gasteiger partial charge in [0.2, 0.25) is 4.96 Å². The van der Waals surface area contributed by atoms with E-state index in [1.165, 1.54) is 17.4 Å². The lowest BCUT2D eigenvalue weighted by atomic mass is 10.0. The van der Waals surface area contributed by atoms with Crippen LogP contribution < -0.4 is 11.3 Å². The topological polar surface area (TPSA) is 103 Å². The fraction of sp³-hybridized carbons (Fsp3) is 0.333. The van der Waals surface area contributed by atoms with Crippen LogP contribution in [-0.2, 0) is 4.74 Å². The minimum atomic E-state index is -0.538. The summed E-state index contributed by atoms with van der Waals surface area (Å²) in [5, 5.41) is 5.41. The number of benzene rings is 1.